The Labute approximate surface area is 127 Å². The summed E-state index contributed by atoms with van der Waals surface area (Å²) in [5, 5.41) is 12.5. The van der Waals surface area contributed by atoms with Crippen molar-refractivity contribution in [3.63, 3.8) is 0 Å². The number of aromatic nitrogens is 1. The number of amides is 1. The molecule has 0 saturated heterocycles. The molecule has 2 N–H and O–H groups in total. The molecule has 1 atom stereocenters. The van der Waals surface area contributed by atoms with Crippen LogP contribution in [0.2, 0.25) is 0 Å². The Morgan fingerprint density at radius 3 is 2.71 bits per heavy atom. The van der Waals surface area contributed by atoms with Gasteiger partial charge in [-0.15, -0.1) is 11.3 Å². The number of methoxy groups -OCH3 is 1. The Hall–Kier alpha value is -1.47. The second kappa shape index (κ2) is 7.00. The van der Waals surface area contributed by atoms with Gasteiger partial charge in [0.05, 0.1) is 17.2 Å². The molecule has 0 radical (unpaired) electrons. The molecule has 0 bridgehead atoms. The van der Waals surface area contributed by atoms with Crippen LogP contribution in [0, 0.1) is 6.92 Å². The summed E-state index contributed by atoms with van der Waals surface area (Å²) in [5.74, 6) is -0.899. The zero-order valence-corrected chi connectivity index (χ0v) is 13.0. The molecule has 1 unspecified atom stereocenters. The monoisotopic (exact) mass is 312 g/mol. The van der Waals surface area contributed by atoms with Crippen molar-refractivity contribution in [2.45, 2.75) is 44.6 Å². The van der Waals surface area contributed by atoms with Gasteiger partial charge in [-0.3, -0.25) is 4.79 Å². The summed E-state index contributed by atoms with van der Waals surface area (Å²) in [7, 11) is 1.31. The fourth-order valence-electron chi connectivity index (χ4n) is 2.51. The first-order valence-electron chi connectivity index (χ1n) is 7.04. The van der Waals surface area contributed by atoms with Crippen LogP contribution in [-0.4, -0.2) is 41.7 Å². The van der Waals surface area contributed by atoms with E-state index in [9.17, 15) is 9.59 Å². The van der Waals surface area contributed by atoms with E-state index < -0.39 is 12.1 Å². The number of ether oxygens (including phenoxy) is 1. The molecular weight excluding hydrogens is 292 g/mol. The molecule has 1 aliphatic carbocycles. The number of aryl methyl sites for hydroxylation is 1. The van der Waals surface area contributed by atoms with Crippen molar-refractivity contribution in [1.82, 2.24) is 10.3 Å². The van der Waals surface area contributed by atoms with E-state index in [-0.39, 0.29) is 12.5 Å². The predicted molar refractivity (Wildman–Crippen MR) is 78.8 cm³/mol. The van der Waals surface area contributed by atoms with Gasteiger partial charge in [0.2, 0.25) is 0 Å². The average Bonchev–Trinajstić information content (AvgIpc) is 3.07. The van der Waals surface area contributed by atoms with Gasteiger partial charge in [-0.2, -0.15) is 0 Å². The van der Waals surface area contributed by atoms with Crippen molar-refractivity contribution in [1.29, 1.82) is 0 Å². The van der Waals surface area contributed by atoms with E-state index in [1.54, 1.807) is 0 Å². The molecule has 2 rings (SSSR count). The zero-order valence-electron chi connectivity index (χ0n) is 12.2. The van der Waals surface area contributed by atoms with Gasteiger partial charge >= 0.3 is 5.97 Å². The van der Waals surface area contributed by atoms with Gasteiger partial charge < -0.3 is 15.2 Å². The van der Waals surface area contributed by atoms with Gasteiger partial charge in [0.25, 0.3) is 5.91 Å². The van der Waals surface area contributed by atoms with Gasteiger partial charge in [-0.25, -0.2) is 9.78 Å². The number of hydrogen-bond donors (Lipinski definition) is 2. The van der Waals surface area contributed by atoms with Crippen molar-refractivity contribution in [2.75, 3.05) is 13.7 Å². The molecule has 7 heteroatoms. The van der Waals surface area contributed by atoms with E-state index in [4.69, 9.17) is 9.84 Å². The zero-order chi connectivity index (χ0) is 15.4. The van der Waals surface area contributed by atoms with Crippen LogP contribution in [0.25, 0.3) is 0 Å². The number of hydrogen-bond acceptors (Lipinski definition) is 5. The molecule has 1 aromatic rings. The lowest BCUT2D eigenvalue weighted by Gasteiger charge is -2.10. The van der Waals surface area contributed by atoms with Crippen LogP contribution >= 0.6 is 11.3 Å². The maximum atomic E-state index is 12.1. The maximum Gasteiger partial charge on any atom is 0.334 e. The highest BCUT2D eigenvalue weighted by Crippen LogP contribution is 2.37. The third-order valence-electron chi connectivity index (χ3n) is 3.73. The first-order valence-corrected chi connectivity index (χ1v) is 7.85. The summed E-state index contributed by atoms with van der Waals surface area (Å²) in [6.07, 6.45) is 3.69. The van der Waals surface area contributed by atoms with Crippen LogP contribution in [-0.2, 0) is 9.53 Å². The Balaban J connectivity index is 2.00. The molecule has 1 aliphatic rings. The smallest absolute Gasteiger partial charge is 0.334 e. The van der Waals surface area contributed by atoms with Gasteiger partial charge in [0, 0.05) is 13.0 Å². The summed E-state index contributed by atoms with van der Waals surface area (Å²) < 4.78 is 4.79. The minimum Gasteiger partial charge on any atom is -0.479 e. The Morgan fingerprint density at radius 1 is 1.48 bits per heavy atom. The van der Waals surface area contributed by atoms with Crippen LogP contribution in [0.5, 0.6) is 0 Å². The topological polar surface area (TPSA) is 88.5 Å². The number of nitrogens with one attached hydrogen (secondary N) is 1. The minimum atomic E-state index is -1.09. The molecular formula is C14H20N2O4S. The van der Waals surface area contributed by atoms with Crippen molar-refractivity contribution >= 4 is 23.2 Å². The number of carboxylic acids is 1. The lowest BCUT2D eigenvalue weighted by atomic mass is 10.1. The van der Waals surface area contributed by atoms with Gasteiger partial charge in [0.15, 0.2) is 6.10 Å². The van der Waals surface area contributed by atoms with Gasteiger partial charge in [-0.05, 0) is 19.8 Å². The first-order chi connectivity index (χ1) is 10.0. The first kappa shape index (κ1) is 15.9. The molecule has 1 amide bonds. The van der Waals surface area contributed by atoms with Crippen LogP contribution in [0.15, 0.2) is 0 Å². The number of nitrogens with zero attached hydrogens (tertiary/aromatic N) is 1. The van der Waals surface area contributed by atoms with E-state index in [1.165, 1.54) is 31.3 Å². The Morgan fingerprint density at radius 2 is 2.14 bits per heavy atom. The highest BCUT2D eigenvalue weighted by atomic mass is 32.1. The molecule has 6 nitrogen and oxygen atoms in total. The number of carboxylic acid groups (broad SMARTS) is 1. The average molecular weight is 312 g/mol. The normalized spacial score (nSPS) is 16.9. The Kier molecular flexibility index (Phi) is 5.30. The molecule has 0 spiro atoms. The summed E-state index contributed by atoms with van der Waals surface area (Å²) in [4.78, 5) is 28.1. The molecule has 1 heterocycles. The van der Waals surface area contributed by atoms with Crippen molar-refractivity contribution in [3.05, 3.63) is 15.6 Å². The summed E-state index contributed by atoms with van der Waals surface area (Å²) >= 11 is 1.42. The van der Waals surface area contributed by atoms with Crippen molar-refractivity contribution < 1.29 is 19.4 Å². The molecule has 1 saturated carbocycles. The second-order valence-electron chi connectivity index (χ2n) is 5.22. The molecule has 0 aromatic carbocycles. The highest BCUT2D eigenvalue weighted by molar-refractivity contribution is 7.13. The summed E-state index contributed by atoms with van der Waals surface area (Å²) in [6.45, 7) is 1.76. The van der Waals surface area contributed by atoms with E-state index in [0.717, 1.165) is 17.8 Å². The quantitative estimate of drug-likeness (QED) is 0.838. The number of carbonyl (C=O) groups is 2. The number of rotatable bonds is 6. The van der Waals surface area contributed by atoms with Gasteiger partial charge in [-0.1, -0.05) is 12.8 Å². The lowest BCUT2D eigenvalue weighted by molar-refractivity contribution is -0.147. The molecule has 1 aromatic heterocycles. The SMILES string of the molecule is COC(CNC(=O)c1sc(C2CCCC2)nc1C)C(=O)O. The third kappa shape index (κ3) is 3.79. The van der Waals surface area contributed by atoms with Crippen LogP contribution in [0.1, 0.15) is 52.0 Å². The summed E-state index contributed by atoms with van der Waals surface area (Å²) in [6, 6.07) is 0. The summed E-state index contributed by atoms with van der Waals surface area (Å²) in [5.41, 5.74) is 0.712. The van der Waals surface area contributed by atoms with Gasteiger partial charge in [0.1, 0.15) is 4.88 Å². The standard InChI is InChI=1S/C14H20N2O4S/c1-8-11(12(17)15-7-10(20-2)14(18)19)21-13(16-8)9-5-3-4-6-9/h9-10H,3-7H2,1-2H3,(H,15,17)(H,18,19). The number of thiazole rings is 1. The van der Waals surface area contributed by atoms with Crippen LogP contribution < -0.4 is 5.32 Å². The van der Waals surface area contributed by atoms with Crippen LogP contribution in [0.4, 0.5) is 0 Å². The number of carbonyl (C=O) groups excluding carboxylic acids is 1. The number of aliphatic carboxylic acids is 1. The fourth-order valence-corrected chi connectivity index (χ4v) is 3.66. The molecule has 21 heavy (non-hydrogen) atoms. The minimum absolute atomic E-state index is 0.0548. The lowest BCUT2D eigenvalue weighted by Crippen LogP contribution is -2.37. The second-order valence-corrected chi connectivity index (χ2v) is 6.25. The van der Waals surface area contributed by atoms with Crippen molar-refractivity contribution in [3.8, 4) is 0 Å². The maximum absolute atomic E-state index is 12.1. The van der Waals surface area contributed by atoms with Crippen molar-refractivity contribution in [2.24, 2.45) is 0 Å². The largest absolute Gasteiger partial charge is 0.479 e. The van der Waals surface area contributed by atoms with Crippen LogP contribution in [0.3, 0.4) is 0 Å². The molecule has 116 valence electrons. The fraction of sp³-hybridized carbons (Fsp3) is 0.643. The molecule has 0 aliphatic heterocycles. The van der Waals surface area contributed by atoms with E-state index in [2.05, 4.69) is 10.3 Å². The van der Waals surface area contributed by atoms with E-state index in [1.807, 2.05) is 6.92 Å². The third-order valence-corrected chi connectivity index (χ3v) is 5.05. The molecule has 1 fully saturated rings. The Bertz CT molecular complexity index is 523. The predicted octanol–water partition coefficient (Wildman–Crippen LogP) is 1.94. The van der Waals surface area contributed by atoms with E-state index >= 15 is 0 Å². The van der Waals surface area contributed by atoms with E-state index in [0.29, 0.717) is 16.5 Å². The highest BCUT2D eigenvalue weighted by Gasteiger charge is 2.24.